The molecule has 1 rings (SSSR count). The Morgan fingerprint density at radius 2 is 1.60 bits per heavy atom. The fourth-order valence-electron chi connectivity index (χ4n) is 2.59. The average molecular weight is 282 g/mol. The molecule has 3 heteroatoms. The van der Waals surface area contributed by atoms with Crippen LogP contribution in [0.5, 0.6) is 0 Å². The molecule has 1 aliphatic heterocycles. The number of carbonyl (C=O) groups excluding carboxylic acids is 1. The zero-order valence-electron chi connectivity index (χ0n) is 13.1. The highest BCUT2D eigenvalue weighted by molar-refractivity contribution is 5.92. The number of allylic oxidation sites excluding steroid dienone is 1. The Hall–Kier alpha value is -0.830. The van der Waals surface area contributed by atoms with Crippen molar-refractivity contribution in [1.29, 1.82) is 0 Å². The van der Waals surface area contributed by atoms with Crippen molar-refractivity contribution in [2.45, 2.75) is 90.3 Å². The van der Waals surface area contributed by atoms with Crippen molar-refractivity contribution < 1.29 is 14.6 Å². The first-order chi connectivity index (χ1) is 9.66. The van der Waals surface area contributed by atoms with Gasteiger partial charge in [0, 0.05) is 0 Å². The van der Waals surface area contributed by atoms with Gasteiger partial charge in [0.1, 0.15) is 12.2 Å². The highest BCUT2D eigenvalue weighted by Crippen LogP contribution is 2.22. The third-order valence-corrected chi connectivity index (χ3v) is 3.96. The molecule has 0 aliphatic carbocycles. The Bertz CT molecular complexity index is 309. The van der Waals surface area contributed by atoms with Crippen LogP contribution < -0.4 is 0 Å². The molecule has 116 valence electrons. The minimum Gasteiger partial charge on any atom is -0.456 e. The number of ether oxygens (including phenoxy) is 1. The minimum atomic E-state index is -0.735. The molecule has 0 bridgehead atoms. The number of unbranched alkanes of at least 4 members (excludes halogenated alkanes) is 9. The number of cyclic esters (lactones) is 1. The van der Waals surface area contributed by atoms with Crippen LogP contribution in [0.1, 0.15) is 78.1 Å². The van der Waals surface area contributed by atoms with Gasteiger partial charge in [-0.3, -0.25) is 0 Å². The smallest absolute Gasteiger partial charge is 0.336 e. The summed E-state index contributed by atoms with van der Waals surface area (Å²) in [5.74, 6) is -0.346. The van der Waals surface area contributed by atoms with Gasteiger partial charge in [0.15, 0.2) is 0 Å². The fourth-order valence-corrected chi connectivity index (χ4v) is 2.59. The number of aliphatic hydroxyl groups is 1. The summed E-state index contributed by atoms with van der Waals surface area (Å²) in [5, 5.41) is 9.76. The summed E-state index contributed by atoms with van der Waals surface area (Å²) in [4.78, 5) is 11.4. The van der Waals surface area contributed by atoms with Crippen molar-refractivity contribution in [3.05, 3.63) is 11.6 Å². The maximum atomic E-state index is 11.4. The molecule has 0 saturated carbocycles. The molecule has 0 spiro atoms. The predicted octanol–water partition coefficient (Wildman–Crippen LogP) is 4.14. The average Bonchev–Trinajstić information content (AvgIpc) is 2.67. The van der Waals surface area contributed by atoms with Gasteiger partial charge in [-0.05, 0) is 19.8 Å². The molecule has 1 N–H and O–H groups in total. The van der Waals surface area contributed by atoms with E-state index >= 15 is 0 Å². The molecule has 20 heavy (non-hydrogen) atoms. The van der Waals surface area contributed by atoms with Crippen molar-refractivity contribution in [2.24, 2.45) is 0 Å². The van der Waals surface area contributed by atoms with E-state index in [1.54, 1.807) is 6.92 Å². The first-order valence-corrected chi connectivity index (χ1v) is 8.26. The van der Waals surface area contributed by atoms with Crippen molar-refractivity contribution in [3.8, 4) is 0 Å². The molecule has 0 unspecified atom stereocenters. The summed E-state index contributed by atoms with van der Waals surface area (Å²) >= 11 is 0. The molecule has 1 heterocycles. The number of hydrogen-bond acceptors (Lipinski definition) is 3. The molecule has 1 saturated heterocycles. The number of hydrogen-bond donors (Lipinski definition) is 1. The number of esters is 1. The van der Waals surface area contributed by atoms with E-state index in [1.165, 1.54) is 51.4 Å². The van der Waals surface area contributed by atoms with E-state index in [2.05, 4.69) is 6.92 Å². The van der Waals surface area contributed by atoms with E-state index < -0.39 is 12.2 Å². The lowest BCUT2D eigenvalue weighted by atomic mass is 10.0. The van der Waals surface area contributed by atoms with E-state index in [4.69, 9.17) is 4.74 Å². The second kappa shape index (κ2) is 9.98. The van der Waals surface area contributed by atoms with E-state index in [0.717, 1.165) is 12.8 Å². The fraction of sp³-hybridized carbons (Fsp3) is 0.824. The van der Waals surface area contributed by atoms with E-state index in [-0.39, 0.29) is 5.97 Å². The molecule has 3 nitrogen and oxygen atoms in total. The van der Waals surface area contributed by atoms with Gasteiger partial charge in [-0.1, -0.05) is 64.4 Å². The van der Waals surface area contributed by atoms with Gasteiger partial charge in [-0.2, -0.15) is 0 Å². The van der Waals surface area contributed by atoms with Crippen LogP contribution in [-0.2, 0) is 9.53 Å². The van der Waals surface area contributed by atoms with Crippen LogP contribution in [0.2, 0.25) is 0 Å². The molecular weight excluding hydrogens is 252 g/mol. The van der Waals surface area contributed by atoms with Gasteiger partial charge >= 0.3 is 5.97 Å². The van der Waals surface area contributed by atoms with Gasteiger partial charge in [-0.15, -0.1) is 0 Å². The maximum Gasteiger partial charge on any atom is 0.336 e. The standard InChI is InChI=1S/C17H30O3/c1-3-4-5-6-7-8-9-10-11-12-13-15-16(18)14(2)20-17(15)19/h13-14,16,18H,3-12H2,1-2H3/b15-13+/t14-,16-/m1/s1. The number of rotatable bonds is 10. The van der Waals surface area contributed by atoms with Crippen LogP contribution in [0.3, 0.4) is 0 Å². The lowest BCUT2D eigenvalue weighted by Gasteiger charge is -2.04. The summed E-state index contributed by atoms with van der Waals surface area (Å²) < 4.78 is 4.97. The molecule has 2 atom stereocenters. The zero-order chi connectivity index (χ0) is 14.8. The summed E-state index contributed by atoms with van der Waals surface area (Å²) in [6.07, 6.45) is 13.3. The van der Waals surface area contributed by atoms with Gasteiger partial charge in [0.05, 0.1) is 5.57 Å². The van der Waals surface area contributed by atoms with Crippen LogP contribution in [0.4, 0.5) is 0 Å². The molecule has 0 amide bonds. The van der Waals surface area contributed by atoms with Gasteiger partial charge < -0.3 is 9.84 Å². The molecular formula is C17H30O3. The quantitative estimate of drug-likeness (QED) is 0.372. The first kappa shape index (κ1) is 17.2. The third kappa shape index (κ3) is 6.08. The lowest BCUT2D eigenvalue weighted by molar-refractivity contribution is -0.138. The van der Waals surface area contributed by atoms with Crippen LogP contribution in [0.15, 0.2) is 11.6 Å². The molecule has 1 fully saturated rings. The predicted molar refractivity (Wildman–Crippen MR) is 81.5 cm³/mol. The Labute approximate surface area is 123 Å². The molecule has 0 radical (unpaired) electrons. The molecule has 0 aromatic heterocycles. The second-order valence-electron chi connectivity index (χ2n) is 5.83. The minimum absolute atomic E-state index is 0.346. The normalized spacial score (nSPS) is 24.4. The van der Waals surface area contributed by atoms with Gasteiger partial charge in [0.2, 0.25) is 0 Å². The number of aliphatic hydroxyl groups excluding tert-OH is 1. The van der Waals surface area contributed by atoms with E-state index in [0.29, 0.717) is 5.57 Å². The summed E-state index contributed by atoms with van der Waals surface area (Å²) in [7, 11) is 0. The number of carbonyl (C=O) groups is 1. The summed E-state index contributed by atoms with van der Waals surface area (Å²) in [5.41, 5.74) is 0.456. The largest absolute Gasteiger partial charge is 0.456 e. The van der Waals surface area contributed by atoms with Gasteiger partial charge in [-0.25, -0.2) is 4.79 Å². The van der Waals surface area contributed by atoms with Crippen molar-refractivity contribution in [2.75, 3.05) is 0 Å². The maximum absolute atomic E-state index is 11.4. The van der Waals surface area contributed by atoms with Crippen molar-refractivity contribution in [1.82, 2.24) is 0 Å². The summed E-state index contributed by atoms with van der Waals surface area (Å²) in [6, 6.07) is 0. The van der Waals surface area contributed by atoms with Crippen LogP contribution in [-0.4, -0.2) is 23.3 Å². The van der Waals surface area contributed by atoms with Crippen LogP contribution in [0.25, 0.3) is 0 Å². The second-order valence-corrected chi connectivity index (χ2v) is 5.83. The van der Waals surface area contributed by atoms with Gasteiger partial charge in [0.25, 0.3) is 0 Å². The topological polar surface area (TPSA) is 46.5 Å². The highest BCUT2D eigenvalue weighted by atomic mass is 16.6. The molecule has 1 aliphatic rings. The van der Waals surface area contributed by atoms with Crippen molar-refractivity contribution in [3.63, 3.8) is 0 Å². The first-order valence-electron chi connectivity index (χ1n) is 8.26. The third-order valence-electron chi connectivity index (χ3n) is 3.96. The molecule has 0 aromatic rings. The Kier molecular flexibility index (Phi) is 8.59. The summed E-state index contributed by atoms with van der Waals surface area (Å²) in [6.45, 7) is 3.97. The monoisotopic (exact) mass is 282 g/mol. The van der Waals surface area contributed by atoms with Crippen LogP contribution in [0, 0.1) is 0 Å². The molecule has 0 aromatic carbocycles. The Morgan fingerprint density at radius 1 is 1.05 bits per heavy atom. The SMILES string of the molecule is CCCCCCCCCCC/C=C1/C(=O)O[C@H](C)[C@H]1O. The van der Waals surface area contributed by atoms with Crippen molar-refractivity contribution >= 4 is 5.97 Å². The zero-order valence-corrected chi connectivity index (χ0v) is 13.1. The van der Waals surface area contributed by atoms with E-state index in [9.17, 15) is 9.90 Å². The lowest BCUT2D eigenvalue weighted by Crippen LogP contribution is -2.17. The van der Waals surface area contributed by atoms with Crippen LogP contribution >= 0.6 is 0 Å². The van der Waals surface area contributed by atoms with E-state index in [1.807, 2.05) is 6.08 Å². The Morgan fingerprint density at radius 3 is 2.10 bits per heavy atom. The highest BCUT2D eigenvalue weighted by Gasteiger charge is 2.34. The Balaban J connectivity index is 2.01.